The fourth-order valence-electron chi connectivity index (χ4n) is 5.28. The van der Waals surface area contributed by atoms with E-state index in [1.807, 2.05) is 0 Å². The quantitative estimate of drug-likeness (QED) is 0.390. The molecule has 160 valence electrons. The van der Waals surface area contributed by atoms with Crippen molar-refractivity contribution in [1.29, 1.82) is 0 Å². The molecule has 4 bridgehead atoms. The van der Waals surface area contributed by atoms with Gasteiger partial charge in [0.15, 0.2) is 5.60 Å². The van der Waals surface area contributed by atoms with Gasteiger partial charge in [-0.2, -0.15) is 26.3 Å². The zero-order chi connectivity index (χ0) is 21.0. The zero-order valence-electron chi connectivity index (χ0n) is 14.7. The van der Waals surface area contributed by atoms with E-state index in [4.69, 9.17) is 4.74 Å². The highest BCUT2D eigenvalue weighted by Gasteiger charge is 2.68. The summed E-state index contributed by atoms with van der Waals surface area (Å²) in [5.74, 6) is -2.30. The number of hydrogen-bond donors (Lipinski definition) is 0. The van der Waals surface area contributed by atoms with Crippen molar-refractivity contribution in [2.45, 2.75) is 56.5 Å². The second kappa shape index (κ2) is 6.77. The molecule has 0 aromatic carbocycles. The number of ether oxygens (including phenoxy) is 2. The molecule has 4 saturated carbocycles. The molecule has 11 heteroatoms. The highest BCUT2D eigenvalue weighted by atomic mass is 19.4. The van der Waals surface area contributed by atoms with Gasteiger partial charge < -0.3 is 14.6 Å². The number of hydrogen-bond acceptors (Lipinski definition) is 5. The van der Waals surface area contributed by atoms with Crippen LogP contribution in [0.1, 0.15) is 38.5 Å². The van der Waals surface area contributed by atoms with Crippen LogP contribution in [-0.2, 0) is 19.1 Å². The van der Waals surface area contributed by atoms with Gasteiger partial charge in [-0.05, 0) is 56.3 Å². The fourth-order valence-corrected chi connectivity index (χ4v) is 5.28. The van der Waals surface area contributed by atoms with Crippen molar-refractivity contribution >= 4 is 11.9 Å². The maximum atomic E-state index is 12.5. The molecule has 28 heavy (non-hydrogen) atoms. The molecule has 0 spiro atoms. The lowest BCUT2D eigenvalue weighted by molar-refractivity contribution is -0.574. The van der Waals surface area contributed by atoms with Crippen LogP contribution in [0.3, 0.4) is 0 Å². The Morgan fingerprint density at radius 2 is 1.21 bits per heavy atom. The van der Waals surface area contributed by atoms with Crippen LogP contribution in [-0.4, -0.2) is 43.1 Å². The van der Waals surface area contributed by atoms with Gasteiger partial charge in [-0.25, -0.2) is 0 Å². The summed E-state index contributed by atoms with van der Waals surface area (Å²) in [6, 6.07) is 0. The van der Waals surface area contributed by atoms with Crippen molar-refractivity contribution in [3.8, 4) is 0 Å². The molecular weight excluding hydrogens is 398 g/mol. The Kier molecular flexibility index (Phi) is 5.13. The van der Waals surface area contributed by atoms with E-state index in [9.17, 15) is 41.0 Å². The molecule has 0 N–H and O–H groups in total. The van der Waals surface area contributed by atoms with Crippen LogP contribution in [0.15, 0.2) is 0 Å². The van der Waals surface area contributed by atoms with E-state index < -0.39 is 48.5 Å². The Balaban J connectivity index is 1.53. The Morgan fingerprint density at radius 3 is 1.61 bits per heavy atom. The van der Waals surface area contributed by atoms with Gasteiger partial charge in [0.2, 0.25) is 0 Å². The van der Waals surface area contributed by atoms with Crippen molar-refractivity contribution in [1.82, 2.24) is 0 Å². The van der Waals surface area contributed by atoms with Gasteiger partial charge in [0, 0.05) is 0 Å². The van der Waals surface area contributed by atoms with Crippen molar-refractivity contribution in [3.63, 3.8) is 0 Å². The van der Waals surface area contributed by atoms with Crippen molar-refractivity contribution in [2.75, 3.05) is 13.2 Å². The summed E-state index contributed by atoms with van der Waals surface area (Å²) < 4.78 is 83.8. The summed E-state index contributed by atoms with van der Waals surface area (Å²) >= 11 is 0. The predicted octanol–water partition coefficient (Wildman–Crippen LogP) is 2.51. The minimum atomic E-state index is -6.42. The monoisotopic (exact) mass is 417 g/mol. The van der Waals surface area contributed by atoms with Crippen LogP contribution >= 0.6 is 0 Å². The predicted molar refractivity (Wildman–Crippen MR) is 77.4 cm³/mol. The topological polar surface area (TPSA) is 75.7 Å². The molecule has 4 fully saturated rings. The van der Waals surface area contributed by atoms with Crippen LogP contribution in [0.5, 0.6) is 0 Å². The number of rotatable bonds is 5. The molecule has 0 radical (unpaired) electrons. The molecule has 4 aliphatic rings. The number of carbonyl (C=O) groups excluding carboxylic acids is 2. The molecule has 0 saturated heterocycles. The molecule has 0 heterocycles. The van der Waals surface area contributed by atoms with Crippen molar-refractivity contribution < 1.29 is 50.5 Å². The maximum absolute atomic E-state index is 12.5. The average Bonchev–Trinajstić information content (AvgIpc) is 2.54. The standard InChI is InChI=1S/C17H19F6O5/c18-16(19,20)15(26,17(21,22)23)13(25)28-2-1-27-12(24)14-6-9-3-10(7-14)5-11(4-9)8-14/h9-11H,1-8H2/q-1. The lowest BCUT2D eigenvalue weighted by Gasteiger charge is -2.55. The van der Waals surface area contributed by atoms with Gasteiger partial charge >= 0.3 is 24.3 Å². The van der Waals surface area contributed by atoms with E-state index in [1.165, 1.54) is 0 Å². The molecule has 0 aromatic heterocycles. The Morgan fingerprint density at radius 1 is 0.821 bits per heavy atom. The maximum Gasteiger partial charge on any atom is 0.399 e. The third-order valence-corrected chi connectivity index (χ3v) is 6.11. The summed E-state index contributed by atoms with van der Waals surface area (Å²) in [6.07, 6.45) is -7.69. The summed E-state index contributed by atoms with van der Waals surface area (Å²) in [4.78, 5) is 23.7. The SMILES string of the molecule is O=C(OCCOC(=O)C([O-])(C(F)(F)F)C(F)(F)F)C12CC3CC(CC(C3)C1)C2. The summed E-state index contributed by atoms with van der Waals surface area (Å²) in [7, 11) is 0. The van der Waals surface area contributed by atoms with E-state index in [0.29, 0.717) is 37.0 Å². The van der Waals surface area contributed by atoms with E-state index in [-0.39, 0.29) is 0 Å². The average molecular weight is 417 g/mol. The molecular formula is C17H19F6O5-. The van der Waals surface area contributed by atoms with Crippen molar-refractivity contribution in [2.24, 2.45) is 23.2 Å². The molecule has 0 aromatic rings. The third kappa shape index (κ3) is 3.46. The van der Waals surface area contributed by atoms with Gasteiger partial charge in [0.05, 0.1) is 5.41 Å². The molecule has 0 atom stereocenters. The highest BCUT2D eigenvalue weighted by Crippen LogP contribution is 2.60. The number of alkyl halides is 6. The number of carbonyl (C=O) groups is 2. The minimum Gasteiger partial charge on any atom is -0.828 e. The van der Waals surface area contributed by atoms with Crippen LogP contribution in [0.4, 0.5) is 26.3 Å². The fraction of sp³-hybridized carbons (Fsp3) is 0.882. The minimum absolute atomic E-state index is 0.427. The second-order valence-corrected chi connectivity index (χ2v) is 8.15. The summed E-state index contributed by atoms with van der Waals surface area (Å²) in [6.45, 7) is -1.77. The smallest absolute Gasteiger partial charge is 0.399 e. The third-order valence-electron chi connectivity index (χ3n) is 6.11. The van der Waals surface area contributed by atoms with Gasteiger partial charge in [0.25, 0.3) is 0 Å². The normalized spacial score (nSPS) is 32.3. The zero-order valence-corrected chi connectivity index (χ0v) is 14.7. The molecule has 0 aliphatic heterocycles. The number of halogens is 6. The first kappa shape index (κ1) is 21.2. The first-order valence-electron chi connectivity index (χ1n) is 8.97. The molecule has 0 unspecified atom stereocenters. The first-order valence-corrected chi connectivity index (χ1v) is 8.97. The van der Waals surface area contributed by atoms with Crippen LogP contribution in [0.25, 0.3) is 0 Å². The first-order chi connectivity index (χ1) is 12.8. The molecule has 0 amide bonds. The van der Waals surface area contributed by atoms with E-state index in [1.54, 1.807) is 0 Å². The molecule has 4 aliphatic carbocycles. The van der Waals surface area contributed by atoms with Gasteiger partial charge in [-0.1, -0.05) is 0 Å². The van der Waals surface area contributed by atoms with E-state index >= 15 is 0 Å². The van der Waals surface area contributed by atoms with E-state index in [0.717, 1.165) is 19.3 Å². The van der Waals surface area contributed by atoms with Crippen LogP contribution in [0.2, 0.25) is 0 Å². The van der Waals surface area contributed by atoms with E-state index in [2.05, 4.69) is 4.74 Å². The largest absolute Gasteiger partial charge is 0.828 e. The Labute approximate surface area is 156 Å². The summed E-state index contributed by atoms with van der Waals surface area (Å²) in [5.41, 5.74) is -6.55. The lowest BCUT2D eigenvalue weighted by Crippen LogP contribution is -2.71. The van der Waals surface area contributed by atoms with Gasteiger partial charge in [-0.3, -0.25) is 9.59 Å². The van der Waals surface area contributed by atoms with Crippen molar-refractivity contribution in [3.05, 3.63) is 0 Å². The Bertz CT molecular complexity index is 592. The van der Waals surface area contributed by atoms with Crippen LogP contribution < -0.4 is 5.11 Å². The second-order valence-electron chi connectivity index (χ2n) is 8.15. The molecule has 5 nitrogen and oxygen atoms in total. The number of esters is 2. The van der Waals surface area contributed by atoms with Gasteiger partial charge in [0.1, 0.15) is 13.2 Å². The lowest BCUT2D eigenvalue weighted by atomic mass is 9.49. The molecule has 4 rings (SSSR count). The van der Waals surface area contributed by atoms with Crippen LogP contribution in [0, 0.1) is 23.2 Å². The highest BCUT2D eigenvalue weighted by molar-refractivity contribution is 5.81. The summed E-state index contributed by atoms with van der Waals surface area (Å²) in [5, 5.41) is 11.2. The Hall–Kier alpha value is -1.52. The van der Waals surface area contributed by atoms with Gasteiger partial charge in [-0.15, -0.1) is 0 Å².